The first kappa shape index (κ1) is 11.8. The van der Waals surface area contributed by atoms with Crippen LogP contribution in [0.25, 0.3) is 10.9 Å². The van der Waals surface area contributed by atoms with Crippen LogP contribution in [0.4, 0.5) is 17.2 Å². The maximum absolute atomic E-state index is 11.1. The molecule has 6 nitrogen and oxygen atoms in total. The van der Waals surface area contributed by atoms with E-state index in [1.807, 2.05) is 0 Å². The molecule has 92 valence electrons. The maximum Gasteiger partial charge on any atom is 0.334 e. The summed E-state index contributed by atoms with van der Waals surface area (Å²) >= 11 is 0. The number of para-hydroxylation sites is 1. The van der Waals surface area contributed by atoms with Gasteiger partial charge in [0.2, 0.25) is 5.82 Å². The smallest absolute Gasteiger partial charge is 0.334 e. The molecule has 0 bridgehead atoms. The first-order valence-electron chi connectivity index (χ1n) is 5.32. The van der Waals surface area contributed by atoms with Crippen LogP contribution in [0.1, 0.15) is 0 Å². The standard InChI is InChI=1S/C12H12N4O2/c1-2-7-14-10-8-5-3-4-6-9(8)15-12(13)11(10)16(17)18/h2-6H,1,7H2,(H3,13,14,15). The van der Waals surface area contributed by atoms with Crippen LogP contribution in [0.3, 0.4) is 0 Å². The SMILES string of the molecule is C=CCNc1c([N+](=O)[O-])c(N)nc2ccccc12. The van der Waals surface area contributed by atoms with Gasteiger partial charge in [-0.1, -0.05) is 24.3 Å². The van der Waals surface area contributed by atoms with Gasteiger partial charge < -0.3 is 11.1 Å². The van der Waals surface area contributed by atoms with Gasteiger partial charge in [-0.05, 0) is 6.07 Å². The van der Waals surface area contributed by atoms with E-state index in [1.54, 1.807) is 30.3 Å². The number of nitrogen functional groups attached to an aromatic ring is 1. The average molecular weight is 244 g/mol. The molecule has 2 rings (SSSR count). The molecule has 0 atom stereocenters. The number of nitrogens with zero attached hydrogens (tertiary/aromatic N) is 2. The largest absolute Gasteiger partial charge is 0.378 e. The zero-order chi connectivity index (χ0) is 13.1. The molecule has 1 aromatic carbocycles. The van der Waals surface area contributed by atoms with E-state index >= 15 is 0 Å². The third-order valence-corrected chi connectivity index (χ3v) is 2.50. The summed E-state index contributed by atoms with van der Waals surface area (Å²) in [5.41, 5.74) is 6.44. The van der Waals surface area contributed by atoms with Gasteiger partial charge in [0.15, 0.2) is 0 Å². The number of anilines is 2. The molecule has 0 saturated carbocycles. The van der Waals surface area contributed by atoms with Crippen molar-refractivity contribution in [1.82, 2.24) is 4.98 Å². The van der Waals surface area contributed by atoms with E-state index in [9.17, 15) is 10.1 Å². The quantitative estimate of drug-likeness (QED) is 0.489. The van der Waals surface area contributed by atoms with Gasteiger partial charge in [0.25, 0.3) is 0 Å². The minimum atomic E-state index is -0.528. The van der Waals surface area contributed by atoms with Crippen LogP contribution in [-0.4, -0.2) is 16.5 Å². The fraction of sp³-hybridized carbons (Fsp3) is 0.0833. The summed E-state index contributed by atoms with van der Waals surface area (Å²) in [6, 6.07) is 7.12. The van der Waals surface area contributed by atoms with E-state index in [0.29, 0.717) is 23.1 Å². The summed E-state index contributed by atoms with van der Waals surface area (Å²) < 4.78 is 0. The lowest BCUT2D eigenvalue weighted by atomic mass is 10.1. The van der Waals surface area contributed by atoms with Crippen LogP contribution in [0, 0.1) is 10.1 Å². The third kappa shape index (κ3) is 1.95. The Morgan fingerprint density at radius 1 is 1.50 bits per heavy atom. The Bertz CT molecular complexity index is 625. The topological polar surface area (TPSA) is 94.1 Å². The number of pyridine rings is 1. The van der Waals surface area contributed by atoms with Gasteiger partial charge in [-0.15, -0.1) is 6.58 Å². The number of nitrogens with one attached hydrogen (secondary N) is 1. The van der Waals surface area contributed by atoms with Gasteiger partial charge in [0.05, 0.1) is 10.4 Å². The van der Waals surface area contributed by atoms with E-state index in [0.717, 1.165) is 0 Å². The van der Waals surface area contributed by atoms with Crippen molar-refractivity contribution in [3.8, 4) is 0 Å². The number of benzene rings is 1. The van der Waals surface area contributed by atoms with Crippen LogP contribution < -0.4 is 11.1 Å². The van der Waals surface area contributed by atoms with Crippen LogP contribution in [0.2, 0.25) is 0 Å². The highest BCUT2D eigenvalue weighted by Gasteiger charge is 2.22. The minimum absolute atomic E-state index is 0.0923. The van der Waals surface area contributed by atoms with Crippen LogP contribution in [0.15, 0.2) is 36.9 Å². The number of rotatable bonds is 4. The minimum Gasteiger partial charge on any atom is -0.378 e. The molecule has 1 aromatic heterocycles. The van der Waals surface area contributed by atoms with Gasteiger partial charge in [-0.2, -0.15) is 0 Å². The van der Waals surface area contributed by atoms with Crippen molar-refractivity contribution in [1.29, 1.82) is 0 Å². The van der Waals surface area contributed by atoms with Crippen molar-refractivity contribution in [3.63, 3.8) is 0 Å². The molecule has 0 saturated heterocycles. The van der Waals surface area contributed by atoms with Crippen molar-refractivity contribution >= 4 is 28.1 Å². The van der Waals surface area contributed by atoms with Crippen molar-refractivity contribution in [2.75, 3.05) is 17.6 Å². The molecule has 1 heterocycles. The summed E-state index contributed by atoms with van der Waals surface area (Å²) in [6.45, 7) is 3.98. The predicted octanol–water partition coefficient (Wildman–Crippen LogP) is 2.32. The zero-order valence-corrected chi connectivity index (χ0v) is 9.59. The molecule has 2 aromatic rings. The Hall–Kier alpha value is -2.63. The maximum atomic E-state index is 11.1. The van der Waals surface area contributed by atoms with Crippen molar-refractivity contribution in [2.45, 2.75) is 0 Å². The molecule has 0 aliphatic carbocycles. The molecule has 0 spiro atoms. The summed E-state index contributed by atoms with van der Waals surface area (Å²) in [5.74, 6) is -0.0923. The molecule has 18 heavy (non-hydrogen) atoms. The Morgan fingerprint density at radius 3 is 2.89 bits per heavy atom. The predicted molar refractivity (Wildman–Crippen MR) is 71.5 cm³/mol. The molecule has 0 fully saturated rings. The van der Waals surface area contributed by atoms with Crippen LogP contribution in [-0.2, 0) is 0 Å². The molecule has 0 amide bonds. The van der Waals surface area contributed by atoms with E-state index < -0.39 is 4.92 Å². The molecule has 0 aliphatic heterocycles. The second-order valence-corrected chi connectivity index (χ2v) is 3.66. The van der Waals surface area contributed by atoms with Gasteiger partial charge >= 0.3 is 5.69 Å². The summed E-state index contributed by atoms with van der Waals surface area (Å²) in [4.78, 5) is 14.6. The number of fused-ring (bicyclic) bond motifs is 1. The zero-order valence-electron chi connectivity index (χ0n) is 9.59. The van der Waals surface area contributed by atoms with E-state index in [1.165, 1.54) is 0 Å². The van der Waals surface area contributed by atoms with Crippen molar-refractivity contribution in [2.24, 2.45) is 0 Å². The number of hydrogen-bond acceptors (Lipinski definition) is 5. The second kappa shape index (κ2) is 4.70. The lowest BCUT2D eigenvalue weighted by Crippen LogP contribution is -2.07. The molecule has 0 aliphatic rings. The fourth-order valence-corrected chi connectivity index (χ4v) is 1.76. The van der Waals surface area contributed by atoms with Gasteiger partial charge in [-0.3, -0.25) is 10.1 Å². The van der Waals surface area contributed by atoms with Crippen molar-refractivity contribution in [3.05, 3.63) is 47.0 Å². The Labute approximate surface area is 103 Å². The molecular formula is C12H12N4O2. The lowest BCUT2D eigenvalue weighted by Gasteiger charge is -2.09. The molecule has 6 heteroatoms. The molecule has 3 N–H and O–H groups in total. The Kier molecular flexibility index (Phi) is 3.09. The van der Waals surface area contributed by atoms with E-state index in [-0.39, 0.29) is 11.5 Å². The second-order valence-electron chi connectivity index (χ2n) is 3.66. The Morgan fingerprint density at radius 2 is 2.22 bits per heavy atom. The first-order valence-corrected chi connectivity index (χ1v) is 5.32. The number of nitro groups is 1. The summed E-state index contributed by atoms with van der Waals surface area (Å²) in [5, 5.41) is 14.7. The third-order valence-electron chi connectivity index (χ3n) is 2.50. The monoisotopic (exact) mass is 244 g/mol. The van der Waals surface area contributed by atoms with E-state index in [4.69, 9.17) is 5.73 Å². The molecular weight excluding hydrogens is 232 g/mol. The van der Waals surface area contributed by atoms with E-state index in [2.05, 4.69) is 16.9 Å². The summed E-state index contributed by atoms with van der Waals surface area (Å²) in [7, 11) is 0. The summed E-state index contributed by atoms with van der Waals surface area (Å²) in [6.07, 6.45) is 1.62. The highest BCUT2D eigenvalue weighted by molar-refractivity contribution is 5.99. The van der Waals surface area contributed by atoms with Crippen LogP contribution in [0.5, 0.6) is 0 Å². The van der Waals surface area contributed by atoms with Gasteiger partial charge in [0.1, 0.15) is 5.69 Å². The first-order chi connectivity index (χ1) is 8.65. The normalized spacial score (nSPS) is 10.2. The number of hydrogen-bond donors (Lipinski definition) is 2. The van der Waals surface area contributed by atoms with Gasteiger partial charge in [0, 0.05) is 11.9 Å². The fourth-order valence-electron chi connectivity index (χ4n) is 1.76. The Balaban J connectivity index is 2.75. The highest BCUT2D eigenvalue weighted by atomic mass is 16.6. The number of nitrogens with two attached hydrogens (primary N) is 1. The highest BCUT2D eigenvalue weighted by Crippen LogP contribution is 2.35. The number of aromatic nitrogens is 1. The van der Waals surface area contributed by atoms with Gasteiger partial charge in [-0.25, -0.2) is 4.98 Å². The molecule has 0 radical (unpaired) electrons. The van der Waals surface area contributed by atoms with Crippen molar-refractivity contribution < 1.29 is 4.92 Å². The molecule has 0 unspecified atom stereocenters. The van der Waals surface area contributed by atoms with Crippen LogP contribution >= 0.6 is 0 Å². The lowest BCUT2D eigenvalue weighted by molar-refractivity contribution is -0.383. The average Bonchev–Trinajstić information content (AvgIpc) is 2.34.